The number of hydrogen-bond donors (Lipinski definition) is 1. The topological polar surface area (TPSA) is 29.1 Å². The van der Waals surface area contributed by atoms with Gasteiger partial charge in [0.2, 0.25) is 0 Å². The Labute approximate surface area is 103 Å². The summed E-state index contributed by atoms with van der Waals surface area (Å²) in [6, 6.07) is 10.1. The minimum atomic E-state index is 0.1000. The summed E-state index contributed by atoms with van der Waals surface area (Å²) in [6.07, 6.45) is 2.37. The van der Waals surface area contributed by atoms with Crippen LogP contribution in [0.1, 0.15) is 25.8 Å². The van der Waals surface area contributed by atoms with Crippen molar-refractivity contribution in [3.63, 3.8) is 0 Å². The fraction of sp³-hybridized carbons (Fsp3) is 0.267. The van der Waals surface area contributed by atoms with Crippen LogP contribution in [0.4, 0.5) is 0 Å². The van der Waals surface area contributed by atoms with E-state index in [2.05, 4.69) is 24.0 Å². The van der Waals surface area contributed by atoms with Gasteiger partial charge in [-0.2, -0.15) is 0 Å². The molecule has 0 bridgehead atoms. The van der Waals surface area contributed by atoms with Gasteiger partial charge in [0, 0.05) is 17.8 Å². The Morgan fingerprint density at radius 1 is 1.29 bits per heavy atom. The molecule has 17 heavy (non-hydrogen) atoms. The Balaban J connectivity index is 2.69. The first-order valence-electron chi connectivity index (χ1n) is 5.74. The average Bonchev–Trinajstić information content (AvgIpc) is 2.34. The summed E-state index contributed by atoms with van der Waals surface area (Å²) < 4.78 is 0. The first-order valence-corrected chi connectivity index (χ1v) is 5.74. The van der Waals surface area contributed by atoms with Crippen molar-refractivity contribution in [1.29, 1.82) is 0 Å². The van der Waals surface area contributed by atoms with Crippen LogP contribution in [0.2, 0.25) is 0 Å². The smallest absolute Gasteiger partial charge is 0.157 e. The van der Waals surface area contributed by atoms with Gasteiger partial charge in [-0.15, -0.1) is 6.58 Å². The molecule has 0 spiro atoms. The lowest BCUT2D eigenvalue weighted by Gasteiger charge is -2.11. The Bertz CT molecular complexity index is 418. The van der Waals surface area contributed by atoms with Crippen molar-refractivity contribution < 1.29 is 4.79 Å². The summed E-state index contributed by atoms with van der Waals surface area (Å²) in [5, 5.41) is 3.28. The van der Waals surface area contributed by atoms with Gasteiger partial charge in [-0.1, -0.05) is 36.4 Å². The number of rotatable bonds is 6. The highest BCUT2D eigenvalue weighted by molar-refractivity contribution is 5.94. The highest BCUT2D eigenvalue weighted by atomic mass is 16.1. The van der Waals surface area contributed by atoms with Crippen LogP contribution >= 0.6 is 0 Å². The second-order valence-electron chi connectivity index (χ2n) is 3.99. The molecule has 0 aromatic heterocycles. The molecule has 0 aliphatic heterocycles. The average molecular weight is 229 g/mol. The Hall–Kier alpha value is -1.83. The zero-order valence-corrected chi connectivity index (χ0v) is 10.5. The number of benzene rings is 1. The van der Waals surface area contributed by atoms with E-state index in [4.69, 9.17) is 0 Å². The number of allylic oxidation sites excluding steroid dienone is 3. The minimum absolute atomic E-state index is 0.1000. The SMILES string of the molecule is C=CC/C(C(C)=O)=C(\C)NCc1ccccc1. The van der Waals surface area contributed by atoms with Crippen molar-refractivity contribution in [2.24, 2.45) is 0 Å². The standard InChI is InChI=1S/C15H19NO/c1-4-8-15(13(3)17)12(2)16-11-14-9-6-5-7-10-14/h4-7,9-10,16H,1,8,11H2,2-3H3/b15-12-. The second-order valence-corrected chi connectivity index (χ2v) is 3.99. The molecule has 0 radical (unpaired) electrons. The molecule has 1 N–H and O–H groups in total. The normalized spacial score (nSPS) is 11.6. The van der Waals surface area contributed by atoms with E-state index >= 15 is 0 Å². The van der Waals surface area contributed by atoms with E-state index in [0.29, 0.717) is 6.42 Å². The van der Waals surface area contributed by atoms with E-state index in [1.807, 2.05) is 25.1 Å². The Morgan fingerprint density at radius 3 is 2.47 bits per heavy atom. The molecular formula is C15H19NO. The minimum Gasteiger partial charge on any atom is -0.384 e. The van der Waals surface area contributed by atoms with E-state index in [9.17, 15) is 4.79 Å². The lowest BCUT2D eigenvalue weighted by atomic mass is 10.1. The van der Waals surface area contributed by atoms with Crippen LogP contribution in [-0.4, -0.2) is 5.78 Å². The number of Topliss-reactive ketones (excluding diaryl/α,β-unsaturated/α-hetero) is 1. The predicted octanol–water partition coefficient (Wildman–Crippen LogP) is 3.22. The third-order valence-electron chi connectivity index (χ3n) is 2.63. The van der Waals surface area contributed by atoms with Crippen LogP contribution < -0.4 is 5.32 Å². The molecule has 0 unspecified atom stereocenters. The first kappa shape index (κ1) is 13.2. The van der Waals surface area contributed by atoms with Gasteiger partial charge in [0.1, 0.15) is 0 Å². The number of ketones is 1. The van der Waals surface area contributed by atoms with Crippen LogP contribution in [0.25, 0.3) is 0 Å². The molecule has 2 heteroatoms. The van der Waals surface area contributed by atoms with Crippen molar-refractivity contribution in [3.8, 4) is 0 Å². The maximum Gasteiger partial charge on any atom is 0.157 e. The van der Waals surface area contributed by atoms with Crippen molar-refractivity contribution in [3.05, 3.63) is 59.8 Å². The highest BCUT2D eigenvalue weighted by Crippen LogP contribution is 2.09. The van der Waals surface area contributed by atoms with Gasteiger partial charge >= 0.3 is 0 Å². The van der Waals surface area contributed by atoms with Crippen LogP contribution in [0.5, 0.6) is 0 Å². The summed E-state index contributed by atoms with van der Waals surface area (Å²) in [6.45, 7) is 7.93. The summed E-state index contributed by atoms with van der Waals surface area (Å²) in [7, 11) is 0. The van der Waals surface area contributed by atoms with Crippen LogP contribution in [-0.2, 0) is 11.3 Å². The molecule has 0 heterocycles. The van der Waals surface area contributed by atoms with Gasteiger partial charge in [0.05, 0.1) is 0 Å². The maximum atomic E-state index is 11.4. The van der Waals surface area contributed by atoms with Crippen molar-refractivity contribution in [2.45, 2.75) is 26.8 Å². The molecule has 0 aliphatic carbocycles. The molecule has 0 saturated heterocycles. The lowest BCUT2D eigenvalue weighted by molar-refractivity contribution is -0.113. The maximum absolute atomic E-state index is 11.4. The largest absolute Gasteiger partial charge is 0.384 e. The van der Waals surface area contributed by atoms with Crippen molar-refractivity contribution >= 4 is 5.78 Å². The Kier molecular flexibility index (Phi) is 5.21. The second kappa shape index (κ2) is 6.69. The summed E-state index contributed by atoms with van der Waals surface area (Å²) in [4.78, 5) is 11.4. The van der Waals surface area contributed by atoms with E-state index in [-0.39, 0.29) is 5.78 Å². The fourth-order valence-electron chi connectivity index (χ4n) is 1.64. The van der Waals surface area contributed by atoms with Gasteiger partial charge < -0.3 is 5.32 Å². The third-order valence-corrected chi connectivity index (χ3v) is 2.63. The fourth-order valence-corrected chi connectivity index (χ4v) is 1.64. The van der Waals surface area contributed by atoms with Gasteiger partial charge in [-0.05, 0) is 25.8 Å². The molecule has 0 atom stereocenters. The molecule has 0 saturated carbocycles. The van der Waals surface area contributed by atoms with Crippen molar-refractivity contribution in [2.75, 3.05) is 0 Å². The zero-order chi connectivity index (χ0) is 12.7. The third kappa shape index (κ3) is 4.27. The van der Waals surface area contributed by atoms with Gasteiger partial charge in [-0.25, -0.2) is 0 Å². The number of carbonyl (C=O) groups is 1. The monoisotopic (exact) mass is 229 g/mol. The molecular weight excluding hydrogens is 210 g/mol. The van der Waals surface area contributed by atoms with Crippen LogP contribution in [0.15, 0.2) is 54.3 Å². The quantitative estimate of drug-likeness (QED) is 0.599. The van der Waals surface area contributed by atoms with Crippen molar-refractivity contribution in [1.82, 2.24) is 5.32 Å². The van der Waals surface area contributed by atoms with Gasteiger partial charge in [0.15, 0.2) is 5.78 Å². The molecule has 90 valence electrons. The predicted molar refractivity (Wildman–Crippen MR) is 71.5 cm³/mol. The molecule has 2 nitrogen and oxygen atoms in total. The number of carbonyl (C=O) groups excluding carboxylic acids is 1. The highest BCUT2D eigenvalue weighted by Gasteiger charge is 2.06. The van der Waals surface area contributed by atoms with Crippen LogP contribution in [0, 0.1) is 0 Å². The molecule has 0 amide bonds. The van der Waals surface area contributed by atoms with E-state index < -0.39 is 0 Å². The Morgan fingerprint density at radius 2 is 1.94 bits per heavy atom. The molecule has 1 aromatic rings. The summed E-state index contributed by atoms with van der Waals surface area (Å²) >= 11 is 0. The summed E-state index contributed by atoms with van der Waals surface area (Å²) in [5.74, 6) is 0.1000. The first-order chi connectivity index (χ1) is 8.15. The number of hydrogen-bond acceptors (Lipinski definition) is 2. The van der Waals surface area contributed by atoms with E-state index in [0.717, 1.165) is 17.8 Å². The van der Waals surface area contributed by atoms with Gasteiger partial charge in [-0.3, -0.25) is 4.79 Å². The molecule has 1 rings (SSSR count). The van der Waals surface area contributed by atoms with Crippen LogP contribution in [0.3, 0.4) is 0 Å². The van der Waals surface area contributed by atoms with Gasteiger partial charge in [0.25, 0.3) is 0 Å². The van der Waals surface area contributed by atoms with E-state index in [1.54, 1.807) is 13.0 Å². The summed E-state index contributed by atoms with van der Waals surface area (Å²) in [5.41, 5.74) is 2.94. The molecule has 0 aliphatic rings. The molecule has 1 aromatic carbocycles. The lowest BCUT2D eigenvalue weighted by Crippen LogP contribution is -2.15. The number of nitrogens with one attached hydrogen (secondary N) is 1. The van der Waals surface area contributed by atoms with E-state index in [1.165, 1.54) is 5.56 Å². The molecule has 0 fully saturated rings. The zero-order valence-electron chi connectivity index (χ0n) is 10.5.